The normalized spacial score (nSPS) is 15.5. The number of carbonyl (C=O) groups is 1. The first-order chi connectivity index (χ1) is 14.7. The molecule has 11 heteroatoms. The number of nitrogens with zero attached hydrogens (tertiary/aromatic N) is 3. The number of aryl methyl sites for hydroxylation is 1. The van der Waals surface area contributed by atoms with E-state index in [9.17, 15) is 23.1 Å². The summed E-state index contributed by atoms with van der Waals surface area (Å²) in [4.78, 5) is 29.4. The van der Waals surface area contributed by atoms with Crippen LogP contribution in [0, 0.1) is 0 Å². The van der Waals surface area contributed by atoms with Crippen LogP contribution in [0.2, 0.25) is 10.0 Å². The Labute approximate surface area is 187 Å². The number of anilines is 1. The standard InChI is InChI=1S/C20H17Cl2N3O5S/c21-14-5-2-12(10-15(14)22)3-6-16(26)18-19(27)20(28)24-11-13(4-7-17(24)23-18)25-8-1-9-31(25,29)30/h2,4-5,7,10-11,27H,1,3,6,8-9H2. The van der Waals surface area contributed by atoms with Crippen LogP contribution in [0.25, 0.3) is 5.65 Å². The van der Waals surface area contributed by atoms with E-state index in [1.807, 2.05) is 0 Å². The third kappa shape index (κ3) is 4.13. The van der Waals surface area contributed by atoms with Crippen molar-refractivity contribution in [3.8, 4) is 5.75 Å². The molecule has 3 aromatic rings. The van der Waals surface area contributed by atoms with Gasteiger partial charge >= 0.3 is 5.56 Å². The Morgan fingerprint density at radius 1 is 1.16 bits per heavy atom. The first kappa shape index (κ1) is 21.6. The number of ketones is 1. The molecule has 0 spiro atoms. The van der Waals surface area contributed by atoms with E-state index >= 15 is 0 Å². The molecular formula is C20H17Cl2N3O5S. The van der Waals surface area contributed by atoms with Gasteiger partial charge in [-0.3, -0.25) is 18.3 Å². The Balaban J connectivity index is 1.63. The van der Waals surface area contributed by atoms with Crippen LogP contribution in [-0.2, 0) is 16.4 Å². The van der Waals surface area contributed by atoms with Crippen LogP contribution in [-0.4, -0.2) is 41.0 Å². The summed E-state index contributed by atoms with van der Waals surface area (Å²) in [5.74, 6) is -1.25. The molecule has 0 radical (unpaired) electrons. The number of pyridine rings is 1. The summed E-state index contributed by atoms with van der Waals surface area (Å²) >= 11 is 11.9. The van der Waals surface area contributed by atoms with Crippen LogP contribution in [0.4, 0.5) is 5.69 Å². The Morgan fingerprint density at radius 3 is 2.61 bits per heavy atom. The van der Waals surface area contributed by atoms with Crippen molar-refractivity contribution in [1.82, 2.24) is 9.38 Å². The van der Waals surface area contributed by atoms with Crippen molar-refractivity contribution in [2.75, 3.05) is 16.6 Å². The number of aromatic nitrogens is 2. The Hall–Kier alpha value is -2.62. The molecule has 162 valence electrons. The largest absolute Gasteiger partial charge is 0.501 e. The second kappa shape index (κ2) is 8.14. The highest BCUT2D eigenvalue weighted by Gasteiger charge is 2.29. The molecule has 1 N–H and O–H groups in total. The number of Topliss-reactive ketones (excluding diaryl/α,β-unsaturated/α-hetero) is 1. The minimum atomic E-state index is -3.43. The maximum atomic E-state index is 12.7. The SMILES string of the molecule is O=C(CCc1ccc(Cl)c(Cl)c1)c1nc2ccc(N3CCCS3(=O)=O)cn2c(=O)c1O. The molecule has 1 fully saturated rings. The molecule has 0 saturated carbocycles. The van der Waals surface area contributed by atoms with E-state index in [2.05, 4.69) is 4.98 Å². The molecule has 1 aliphatic heterocycles. The molecule has 0 bridgehead atoms. The van der Waals surface area contributed by atoms with Gasteiger partial charge in [0.2, 0.25) is 15.8 Å². The third-order valence-corrected chi connectivity index (χ3v) is 7.67. The van der Waals surface area contributed by atoms with Gasteiger partial charge < -0.3 is 5.11 Å². The number of fused-ring (bicyclic) bond motifs is 1. The van der Waals surface area contributed by atoms with E-state index in [4.69, 9.17) is 23.2 Å². The lowest BCUT2D eigenvalue weighted by molar-refractivity contribution is 0.0975. The summed E-state index contributed by atoms with van der Waals surface area (Å²) in [7, 11) is -3.43. The number of rotatable bonds is 5. The predicted octanol–water partition coefficient (Wildman–Crippen LogP) is 3.06. The van der Waals surface area contributed by atoms with Crippen molar-refractivity contribution < 1.29 is 18.3 Å². The fourth-order valence-corrected chi connectivity index (χ4v) is 5.33. The fraction of sp³-hybridized carbons (Fsp3) is 0.250. The van der Waals surface area contributed by atoms with Gasteiger partial charge in [0, 0.05) is 19.2 Å². The summed E-state index contributed by atoms with van der Waals surface area (Å²) < 4.78 is 26.5. The maximum Gasteiger partial charge on any atom is 0.300 e. The van der Waals surface area contributed by atoms with Crippen molar-refractivity contribution in [2.24, 2.45) is 0 Å². The Bertz CT molecular complexity index is 1370. The lowest BCUT2D eigenvalue weighted by Crippen LogP contribution is -2.26. The Morgan fingerprint density at radius 2 is 1.94 bits per heavy atom. The molecule has 0 atom stereocenters. The molecule has 1 aliphatic rings. The van der Waals surface area contributed by atoms with Crippen LogP contribution in [0.1, 0.15) is 28.9 Å². The molecule has 2 aromatic heterocycles. The van der Waals surface area contributed by atoms with E-state index in [1.54, 1.807) is 18.2 Å². The number of hydrogen-bond donors (Lipinski definition) is 1. The first-order valence-corrected chi connectivity index (χ1v) is 11.8. The lowest BCUT2D eigenvalue weighted by Gasteiger charge is -2.17. The van der Waals surface area contributed by atoms with Crippen molar-refractivity contribution in [3.05, 3.63) is 68.2 Å². The molecule has 8 nitrogen and oxygen atoms in total. The summed E-state index contributed by atoms with van der Waals surface area (Å²) in [5.41, 5.74) is 0.0252. The second-order valence-electron chi connectivity index (χ2n) is 7.14. The predicted molar refractivity (Wildman–Crippen MR) is 118 cm³/mol. The third-order valence-electron chi connectivity index (χ3n) is 5.06. The molecule has 4 rings (SSSR count). The molecular weight excluding hydrogens is 465 g/mol. The van der Waals surface area contributed by atoms with Crippen LogP contribution in [0.3, 0.4) is 0 Å². The zero-order valence-electron chi connectivity index (χ0n) is 16.1. The van der Waals surface area contributed by atoms with Gasteiger partial charge in [-0.15, -0.1) is 0 Å². The molecule has 31 heavy (non-hydrogen) atoms. The zero-order valence-corrected chi connectivity index (χ0v) is 18.4. The minimum absolute atomic E-state index is 0.00175. The van der Waals surface area contributed by atoms with Crippen LogP contribution in [0.5, 0.6) is 5.75 Å². The minimum Gasteiger partial charge on any atom is -0.501 e. The van der Waals surface area contributed by atoms with E-state index in [0.29, 0.717) is 35.1 Å². The molecule has 1 saturated heterocycles. The lowest BCUT2D eigenvalue weighted by atomic mass is 10.1. The maximum absolute atomic E-state index is 12.7. The average molecular weight is 482 g/mol. The summed E-state index contributed by atoms with van der Waals surface area (Å²) in [6.07, 6.45) is 2.11. The van der Waals surface area contributed by atoms with Gasteiger partial charge in [-0.2, -0.15) is 0 Å². The van der Waals surface area contributed by atoms with Crippen molar-refractivity contribution in [3.63, 3.8) is 0 Å². The summed E-state index contributed by atoms with van der Waals surface area (Å²) in [6.45, 7) is 0.313. The van der Waals surface area contributed by atoms with Gasteiger partial charge in [0.1, 0.15) is 5.65 Å². The van der Waals surface area contributed by atoms with Gasteiger partial charge in [0.15, 0.2) is 11.5 Å². The second-order valence-corrected chi connectivity index (χ2v) is 9.97. The van der Waals surface area contributed by atoms with Gasteiger partial charge in [-0.25, -0.2) is 13.4 Å². The van der Waals surface area contributed by atoms with Crippen molar-refractivity contribution >= 4 is 50.3 Å². The number of sulfonamides is 1. The topological polar surface area (TPSA) is 109 Å². The van der Waals surface area contributed by atoms with Gasteiger partial charge in [-0.05, 0) is 42.7 Å². The number of aromatic hydroxyl groups is 1. The van der Waals surface area contributed by atoms with Crippen molar-refractivity contribution in [2.45, 2.75) is 19.3 Å². The first-order valence-electron chi connectivity index (χ1n) is 9.40. The van der Waals surface area contributed by atoms with Crippen LogP contribution < -0.4 is 9.86 Å². The van der Waals surface area contributed by atoms with Gasteiger partial charge in [-0.1, -0.05) is 29.3 Å². The molecule has 0 aliphatic carbocycles. The number of halogens is 2. The molecule has 1 aromatic carbocycles. The molecule has 0 unspecified atom stereocenters. The highest BCUT2D eigenvalue weighted by atomic mass is 35.5. The van der Waals surface area contributed by atoms with Crippen molar-refractivity contribution in [1.29, 1.82) is 0 Å². The Kier molecular flexibility index (Phi) is 5.67. The van der Waals surface area contributed by atoms with E-state index in [1.165, 1.54) is 22.6 Å². The molecule has 0 amide bonds. The van der Waals surface area contributed by atoms with Crippen LogP contribution >= 0.6 is 23.2 Å². The van der Waals surface area contributed by atoms with Crippen LogP contribution in [0.15, 0.2) is 41.3 Å². The number of benzene rings is 1. The van der Waals surface area contributed by atoms with E-state index < -0.39 is 27.1 Å². The highest BCUT2D eigenvalue weighted by Crippen LogP contribution is 2.25. The van der Waals surface area contributed by atoms with E-state index in [0.717, 1.165) is 9.96 Å². The van der Waals surface area contributed by atoms with Gasteiger partial charge in [0.05, 0.1) is 21.5 Å². The average Bonchev–Trinajstić information content (AvgIpc) is 3.10. The summed E-state index contributed by atoms with van der Waals surface area (Å²) in [5, 5.41) is 11.1. The smallest absolute Gasteiger partial charge is 0.300 e. The monoisotopic (exact) mass is 481 g/mol. The fourth-order valence-electron chi connectivity index (χ4n) is 3.46. The quantitative estimate of drug-likeness (QED) is 0.560. The number of carbonyl (C=O) groups excluding carboxylic acids is 1. The van der Waals surface area contributed by atoms with Gasteiger partial charge in [0.25, 0.3) is 0 Å². The summed E-state index contributed by atoms with van der Waals surface area (Å²) in [6, 6.07) is 7.97. The molecule has 3 heterocycles. The highest BCUT2D eigenvalue weighted by molar-refractivity contribution is 7.93. The number of hydrogen-bond acceptors (Lipinski definition) is 6. The zero-order chi connectivity index (χ0) is 22.3. The van der Waals surface area contributed by atoms with E-state index in [-0.39, 0.29) is 23.5 Å².